The molecule has 0 saturated carbocycles. The fraction of sp³-hybridized carbons (Fsp3) is 0.250. The Balaban J connectivity index is 2.22. The molecule has 0 aliphatic carbocycles. The summed E-state index contributed by atoms with van der Waals surface area (Å²) in [6.45, 7) is 4.41. The van der Waals surface area contributed by atoms with Gasteiger partial charge in [0, 0.05) is 4.88 Å². The summed E-state index contributed by atoms with van der Waals surface area (Å²) in [5, 5.41) is 22.4. The van der Waals surface area contributed by atoms with E-state index in [2.05, 4.69) is 21.6 Å². The molecular weight excluding hydrogens is 232 g/mol. The molecule has 0 aliphatic heterocycles. The molecule has 0 bridgehead atoms. The average Bonchev–Trinajstić information content (AvgIpc) is 2.83. The number of hydrogen-bond donors (Lipinski definition) is 1. The van der Waals surface area contributed by atoms with Crippen molar-refractivity contribution in [3.63, 3.8) is 0 Å². The smallest absolute Gasteiger partial charge is 0.167 e. The number of thiophene rings is 1. The summed E-state index contributed by atoms with van der Waals surface area (Å²) in [7, 11) is 0. The third-order valence-electron chi connectivity index (χ3n) is 2.58. The first kappa shape index (κ1) is 11.6. The lowest BCUT2D eigenvalue weighted by Crippen LogP contribution is -2.06. The van der Waals surface area contributed by atoms with Crippen molar-refractivity contribution in [1.82, 2.24) is 10.2 Å². The van der Waals surface area contributed by atoms with Crippen LogP contribution in [0, 0.1) is 25.2 Å². The van der Waals surface area contributed by atoms with Crippen molar-refractivity contribution in [2.24, 2.45) is 0 Å². The maximum absolute atomic E-state index is 9.13. The topological polar surface area (TPSA) is 61.6 Å². The van der Waals surface area contributed by atoms with E-state index in [9.17, 15) is 0 Å². The summed E-state index contributed by atoms with van der Waals surface area (Å²) in [6.07, 6.45) is 0. The summed E-state index contributed by atoms with van der Waals surface area (Å²) in [4.78, 5) is 1.20. The highest BCUT2D eigenvalue weighted by atomic mass is 32.1. The zero-order valence-corrected chi connectivity index (χ0v) is 10.5. The zero-order chi connectivity index (χ0) is 12.3. The molecule has 2 heterocycles. The van der Waals surface area contributed by atoms with Gasteiger partial charge in [-0.15, -0.1) is 16.4 Å². The monoisotopic (exact) mass is 244 g/mol. The van der Waals surface area contributed by atoms with Gasteiger partial charge in [-0.2, -0.15) is 10.4 Å². The number of nitrogens with zero attached hydrogens (tertiary/aromatic N) is 3. The SMILES string of the molecule is Cc1nnc(NCc2cccs2)c(C#N)c1C. The van der Waals surface area contributed by atoms with Gasteiger partial charge in [-0.1, -0.05) is 6.07 Å². The van der Waals surface area contributed by atoms with Crippen molar-refractivity contribution in [2.75, 3.05) is 5.32 Å². The highest BCUT2D eigenvalue weighted by molar-refractivity contribution is 7.09. The van der Waals surface area contributed by atoms with E-state index in [1.54, 1.807) is 11.3 Å². The number of aryl methyl sites for hydroxylation is 1. The maximum atomic E-state index is 9.13. The van der Waals surface area contributed by atoms with Crippen LogP contribution >= 0.6 is 11.3 Å². The van der Waals surface area contributed by atoms with Crippen LogP contribution in [-0.2, 0) is 6.54 Å². The van der Waals surface area contributed by atoms with Crippen LogP contribution in [0.4, 0.5) is 5.82 Å². The van der Waals surface area contributed by atoms with Crippen molar-refractivity contribution in [2.45, 2.75) is 20.4 Å². The molecule has 0 aromatic carbocycles. The molecule has 17 heavy (non-hydrogen) atoms. The fourth-order valence-corrected chi connectivity index (χ4v) is 2.10. The Bertz CT molecular complexity index is 555. The van der Waals surface area contributed by atoms with Crippen LogP contribution in [0.1, 0.15) is 21.7 Å². The van der Waals surface area contributed by atoms with Crippen LogP contribution in [0.25, 0.3) is 0 Å². The average molecular weight is 244 g/mol. The molecule has 0 unspecified atom stereocenters. The molecule has 0 amide bonds. The molecule has 5 heteroatoms. The molecule has 2 aromatic rings. The van der Waals surface area contributed by atoms with Crippen LogP contribution in [0.15, 0.2) is 17.5 Å². The van der Waals surface area contributed by atoms with Crippen LogP contribution in [-0.4, -0.2) is 10.2 Å². The lowest BCUT2D eigenvalue weighted by atomic mass is 10.1. The molecule has 0 atom stereocenters. The molecule has 2 aromatic heterocycles. The van der Waals surface area contributed by atoms with Crippen LogP contribution in [0.2, 0.25) is 0 Å². The Morgan fingerprint density at radius 2 is 2.24 bits per heavy atom. The number of nitrogens with one attached hydrogen (secondary N) is 1. The van der Waals surface area contributed by atoms with Gasteiger partial charge >= 0.3 is 0 Å². The van der Waals surface area contributed by atoms with Gasteiger partial charge in [-0.25, -0.2) is 0 Å². The second kappa shape index (κ2) is 4.93. The number of rotatable bonds is 3. The summed E-state index contributed by atoms with van der Waals surface area (Å²) < 4.78 is 0. The summed E-state index contributed by atoms with van der Waals surface area (Å²) >= 11 is 1.67. The lowest BCUT2D eigenvalue weighted by molar-refractivity contribution is 0.943. The van der Waals surface area contributed by atoms with E-state index < -0.39 is 0 Å². The van der Waals surface area contributed by atoms with Crippen LogP contribution < -0.4 is 5.32 Å². The molecule has 1 N–H and O–H groups in total. The Hall–Kier alpha value is -1.93. The predicted molar refractivity (Wildman–Crippen MR) is 67.9 cm³/mol. The number of aromatic nitrogens is 2. The molecule has 0 radical (unpaired) electrons. The van der Waals surface area contributed by atoms with Gasteiger partial charge in [0.25, 0.3) is 0 Å². The van der Waals surface area contributed by atoms with Gasteiger partial charge in [0.05, 0.1) is 12.2 Å². The molecule has 0 aliphatic rings. The van der Waals surface area contributed by atoms with Crippen molar-refractivity contribution >= 4 is 17.2 Å². The highest BCUT2D eigenvalue weighted by Gasteiger charge is 2.10. The summed E-state index contributed by atoms with van der Waals surface area (Å²) in [6, 6.07) is 6.21. The van der Waals surface area contributed by atoms with Crippen molar-refractivity contribution in [3.8, 4) is 6.07 Å². The van der Waals surface area contributed by atoms with Crippen molar-refractivity contribution < 1.29 is 0 Å². The lowest BCUT2D eigenvalue weighted by Gasteiger charge is -2.08. The minimum atomic E-state index is 0.559. The third kappa shape index (κ3) is 2.43. The summed E-state index contributed by atoms with van der Waals surface area (Å²) in [5.41, 5.74) is 2.26. The van der Waals surface area contributed by atoms with Gasteiger partial charge < -0.3 is 5.32 Å². The first-order valence-corrected chi connectivity index (χ1v) is 6.10. The third-order valence-corrected chi connectivity index (χ3v) is 3.45. The molecule has 0 spiro atoms. The maximum Gasteiger partial charge on any atom is 0.167 e. The Morgan fingerprint density at radius 1 is 1.41 bits per heavy atom. The molecule has 2 rings (SSSR count). The van der Waals surface area contributed by atoms with Crippen molar-refractivity contribution in [1.29, 1.82) is 5.26 Å². The van der Waals surface area contributed by atoms with Gasteiger partial charge in [0.2, 0.25) is 0 Å². The van der Waals surface area contributed by atoms with E-state index in [4.69, 9.17) is 5.26 Å². The zero-order valence-electron chi connectivity index (χ0n) is 9.69. The van der Waals surface area contributed by atoms with E-state index >= 15 is 0 Å². The van der Waals surface area contributed by atoms with Crippen LogP contribution in [0.5, 0.6) is 0 Å². The minimum absolute atomic E-state index is 0.559. The van der Waals surface area contributed by atoms with Gasteiger partial charge in [-0.3, -0.25) is 0 Å². The second-order valence-electron chi connectivity index (χ2n) is 3.68. The first-order chi connectivity index (χ1) is 8.22. The predicted octanol–water partition coefficient (Wildman–Crippen LogP) is 2.64. The van der Waals surface area contributed by atoms with E-state index in [-0.39, 0.29) is 0 Å². The van der Waals surface area contributed by atoms with Crippen LogP contribution in [0.3, 0.4) is 0 Å². The fourth-order valence-electron chi connectivity index (χ4n) is 1.45. The standard InChI is InChI=1S/C12H12N4S/c1-8-9(2)15-16-12(11(8)6-13)14-7-10-4-3-5-17-10/h3-5H,7H2,1-2H3,(H,14,16). The van der Waals surface area contributed by atoms with E-state index in [1.807, 2.05) is 31.4 Å². The first-order valence-electron chi connectivity index (χ1n) is 5.22. The van der Waals surface area contributed by atoms with E-state index in [0.717, 1.165) is 11.3 Å². The number of anilines is 1. The largest absolute Gasteiger partial charge is 0.363 e. The van der Waals surface area contributed by atoms with Crippen molar-refractivity contribution in [3.05, 3.63) is 39.2 Å². The Labute approximate surface area is 104 Å². The Kier molecular flexibility index (Phi) is 3.35. The van der Waals surface area contributed by atoms with Gasteiger partial charge in [0.15, 0.2) is 5.82 Å². The molecule has 0 fully saturated rings. The molecule has 86 valence electrons. The quantitative estimate of drug-likeness (QED) is 0.901. The number of nitriles is 1. The Morgan fingerprint density at radius 3 is 2.88 bits per heavy atom. The van der Waals surface area contributed by atoms with E-state index in [0.29, 0.717) is 17.9 Å². The molecular formula is C12H12N4S. The van der Waals surface area contributed by atoms with Gasteiger partial charge in [-0.05, 0) is 30.9 Å². The normalized spacial score (nSPS) is 9.94. The molecule has 0 saturated heterocycles. The van der Waals surface area contributed by atoms with Gasteiger partial charge in [0.1, 0.15) is 11.6 Å². The second-order valence-corrected chi connectivity index (χ2v) is 4.71. The molecule has 4 nitrogen and oxygen atoms in total. The van der Waals surface area contributed by atoms with E-state index in [1.165, 1.54) is 4.88 Å². The highest BCUT2D eigenvalue weighted by Crippen LogP contribution is 2.18. The summed E-state index contributed by atoms with van der Waals surface area (Å²) in [5.74, 6) is 0.559. The number of hydrogen-bond acceptors (Lipinski definition) is 5. The minimum Gasteiger partial charge on any atom is -0.363 e.